The van der Waals surface area contributed by atoms with Crippen molar-refractivity contribution in [3.63, 3.8) is 0 Å². The molecule has 0 fully saturated rings. The van der Waals surface area contributed by atoms with Crippen molar-refractivity contribution in [1.82, 2.24) is 0 Å². The van der Waals surface area contributed by atoms with Crippen LogP contribution in [0.2, 0.25) is 0 Å². The van der Waals surface area contributed by atoms with E-state index in [1.165, 1.54) is 13.4 Å². The molecule has 0 atom stereocenters. The number of hydrogen-bond acceptors (Lipinski definition) is 4. The molecule has 1 heterocycles. The highest BCUT2D eigenvalue weighted by atomic mass is 16.5. The molecule has 2 rings (SSSR count). The summed E-state index contributed by atoms with van der Waals surface area (Å²) in [6.45, 7) is 0. The normalized spacial score (nSPS) is 10.4. The third kappa shape index (κ3) is 1.04. The smallest absolute Gasteiger partial charge is 0.205 e. The topological polar surface area (TPSA) is 59.7 Å². The lowest BCUT2D eigenvalue weighted by Gasteiger charge is -2.05. The van der Waals surface area contributed by atoms with E-state index in [-0.39, 0.29) is 17.1 Å². The van der Waals surface area contributed by atoms with Crippen molar-refractivity contribution >= 4 is 17.3 Å². The molecule has 0 unspecified atom stereocenters. The second kappa shape index (κ2) is 3.06. The van der Waals surface area contributed by atoms with E-state index in [9.17, 15) is 9.90 Å². The molecule has 72 valence electrons. The molecule has 14 heavy (non-hydrogen) atoms. The Balaban J connectivity index is 2.87. The van der Waals surface area contributed by atoms with Gasteiger partial charge in [-0.2, -0.15) is 0 Å². The fourth-order valence-corrected chi connectivity index (χ4v) is 1.37. The summed E-state index contributed by atoms with van der Waals surface area (Å²) >= 11 is 0. The first-order valence-electron chi connectivity index (χ1n) is 4.00. The molecule has 0 spiro atoms. The maximum absolute atomic E-state index is 10.6. The number of aldehydes is 1. The molecule has 0 aliphatic heterocycles. The average molecular weight is 194 g/mol. The van der Waals surface area contributed by atoms with Gasteiger partial charge < -0.3 is 14.3 Å². The number of rotatable bonds is 2. The molecule has 4 nitrogen and oxygen atoms in total. The van der Waals surface area contributed by atoms with Crippen molar-refractivity contribution in [2.45, 2.75) is 0 Å². The fraction of sp³-hybridized carbons (Fsp3) is 0.100. The van der Waals surface area contributed by atoms with Gasteiger partial charge in [0.25, 0.3) is 0 Å². The van der Waals surface area contributed by atoms with Crippen LogP contribution in [0.25, 0.3) is 11.0 Å². The van der Waals surface area contributed by atoms with Crippen LogP contribution in [-0.2, 0) is 0 Å². The van der Waals surface area contributed by atoms with Crippen molar-refractivity contribution < 1.29 is 19.1 Å². The zero-order valence-electron chi connectivity index (χ0n) is 7.48. The van der Waals surface area contributed by atoms with Crippen LogP contribution in [0.15, 0.2) is 22.8 Å². The second-order valence-electron chi connectivity index (χ2n) is 2.80. The summed E-state index contributed by atoms with van der Waals surface area (Å²) in [5, 5.41) is 10.3. The number of aromatic hydroxyl groups is 1. The number of furan rings is 1. The molecular formula is C10H8O4. The van der Waals surface area contributed by atoms with Crippen LogP contribution >= 0.6 is 0 Å². The standard InChI is InChI=1S/C10H8O4/c1-13-10-8(12)7(5-11)4-6-2-3-14-9(6)10/h2-5,12H,1H3/i5+2. The Bertz CT molecular complexity index is 484. The summed E-state index contributed by atoms with van der Waals surface area (Å²) in [6.07, 6.45) is 2.05. The van der Waals surface area contributed by atoms with Crippen molar-refractivity contribution in [2.24, 2.45) is 0 Å². The van der Waals surface area contributed by atoms with Gasteiger partial charge in [-0.15, -0.1) is 0 Å². The SMILES string of the molecule is COc1c(O)c([14CH]=O)cc2ccoc12. The number of carbonyl (C=O) groups is 1. The number of phenolic OH excluding ortho intramolecular Hbond substituents is 1. The lowest BCUT2D eigenvalue weighted by Crippen LogP contribution is -1.88. The molecule has 1 aromatic carbocycles. The molecule has 0 saturated carbocycles. The number of carbonyl (C=O) groups excluding carboxylic acids is 1. The third-order valence-corrected chi connectivity index (χ3v) is 2.03. The summed E-state index contributed by atoms with van der Waals surface area (Å²) in [5.74, 6) is -0.000417. The van der Waals surface area contributed by atoms with Gasteiger partial charge in [0.05, 0.1) is 18.9 Å². The maximum Gasteiger partial charge on any atom is 0.205 e. The minimum absolute atomic E-state index is 0.189. The van der Waals surface area contributed by atoms with E-state index < -0.39 is 0 Å². The van der Waals surface area contributed by atoms with Gasteiger partial charge in [0.15, 0.2) is 17.6 Å². The zero-order chi connectivity index (χ0) is 10.1. The number of phenols is 1. The Morgan fingerprint density at radius 1 is 1.57 bits per heavy atom. The molecule has 2 aromatic rings. The van der Waals surface area contributed by atoms with Crippen LogP contribution in [0.4, 0.5) is 0 Å². The Morgan fingerprint density at radius 2 is 2.36 bits per heavy atom. The molecule has 0 aliphatic carbocycles. The second-order valence-corrected chi connectivity index (χ2v) is 2.80. The van der Waals surface area contributed by atoms with Crippen LogP contribution in [0.5, 0.6) is 11.5 Å². The molecule has 0 bridgehead atoms. The highest BCUT2D eigenvalue weighted by Crippen LogP contribution is 2.37. The van der Waals surface area contributed by atoms with Crippen molar-refractivity contribution in [3.8, 4) is 11.5 Å². The summed E-state index contributed by atoms with van der Waals surface area (Å²) in [5.41, 5.74) is 0.631. The van der Waals surface area contributed by atoms with Crippen molar-refractivity contribution in [2.75, 3.05) is 7.11 Å². The lowest BCUT2D eigenvalue weighted by molar-refractivity contribution is 0.112. The average Bonchev–Trinajstić information content (AvgIpc) is 2.64. The van der Waals surface area contributed by atoms with Gasteiger partial charge in [-0.25, -0.2) is 0 Å². The highest BCUT2D eigenvalue weighted by molar-refractivity contribution is 5.94. The monoisotopic (exact) mass is 194 g/mol. The third-order valence-electron chi connectivity index (χ3n) is 2.03. The highest BCUT2D eigenvalue weighted by Gasteiger charge is 2.14. The van der Waals surface area contributed by atoms with E-state index >= 15 is 0 Å². The van der Waals surface area contributed by atoms with Crippen LogP contribution < -0.4 is 4.74 Å². The van der Waals surface area contributed by atoms with Crippen LogP contribution in [0, 0.1) is 0 Å². The maximum atomic E-state index is 10.6. The van der Waals surface area contributed by atoms with Crippen LogP contribution in [-0.4, -0.2) is 18.5 Å². The molecule has 0 radical (unpaired) electrons. The van der Waals surface area contributed by atoms with E-state index in [2.05, 4.69) is 0 Å². The van der Waals surface area contributed by atoms with E-state index in [1.807, 2.05) is 0 Å². The molecule has 1 N–H and O–H groups in total. The minimum atomic E-state index is -0.190. The van der Waals surface area contributed by atoms with Crippen LogP contribution in [0.1, 0.15) is 10.4 Å². The Kier molecular flexibility index (Phi) is 1.89. The minimum Gasteiger partial charge on any atom is -0.504 e. The molecule has 1 aromatic heterocycles. The van der Waals surface area contributed by atoms with Crippen molar-refractivity contribution in [1.29, 1.82) is 0 Å². The molecule has 4 heteroatoms. The number of methoxy groups -OCH3 is 1. The Labute approximate surface area is 79.7 Å². The first kappa shape index (κ1) is 8.62. The quantitative estimate of drug-likeness (QED) is 0.742. The summed E-state index contributed by atoms with van der Waals surface area (Å²) in [6, 6.07) is 3.24. The molecular weight excluding hydrogens is 186 g/mol. The largest absolute Gasteiger partial charge is 0.504 e. The summed E-state index contributed by atoms with van der Waals surface area (Å²) in [4.78, 5) is 10.6. The first-order valence-corrected chi connectivity index (χ1v) is 4.00. The van der Waals surface area contributed by atoms with Gasteiger partial charge in [-0.1, -0.05) is 0 Å². The number of hydrogen-bond donors (Lipinski definition) is 1. The van der Waals surface area contributed by atoms with Gasteiger partial charge in [0.2, 0.25) is 5.75 Å². The van der Waals surface area contributed by atoms with Gasteiger partial charge in [-0.05, 0) is 12.1 Å². The van der Waals surface area contributed by atoms with Gasteiger partial charge in [0.1, 0.15) is 0 Å². The van der Waals surface area contributed by atoms with E-state index in [0.29, 0.717) is 11.9 Å². The lowest BCUT2D eigenvalue weighted by atomic mass is 10.2. The summed E-state index contributed by atoms with van der Waals surface area (Å²) in [7, 11) is 1.41. The fourth-order valence-electron chi connectivity index (χ4n) is 1.37. The number of ether oxygens (including phenoxy) is 1. The van der Waals surface area contributed by atoms with E-state index in [0.717, 1.165) is 5.39 Å². The van der Waals surface area contributed by atoms with E-state index in [1.54, 1.807) is 12.1 Å². The van der Waals surface area contributed by atoms with Gasteiger partial charge in [0, 0.05) is 5.39 Å². The van der Waals surface area contributed by atoms with Crippen LogP contribution in [0.3, 0.4) is 0 Å². The molecule has 0 amide bonds. The zero-order valence-corrected chi connectivity index (χ0v) is 7.48. The predicted octanol–water partition coefficient (Wildman–Crippen LogP) is 1.96. The molecule has 0 aliphatic rings. The Hall–Kier alpha value is -1.97. The number of fused-ring (bicyclic) bond motifs is 1. The van der Waals surface area contributed by atoms with E-state index in [4.69, 9.17) is 9.15 Å². The first-order chi connectivity index (χ1) is 6.77. The number of benzene rings is 1. The summed E-state index contributed by atoms with van der Waals surface area (Å²) < 4.78 is 10.1. The Morgan fingerprint density at radius 3 is 3.00 bits per heavy atom. The van der Waals surface area contributed by atoms with Gasteiger partial charge in [-0.3, -0.25) is 4.79 Å². The molecule has 0 saturated heterocycles. The predicted molar refractivity (Wildman–Crippen MR) is 49.8 cm³/mol. The van der Waals surface area contributed by atoms with Crippen molar-refractivity contribution in [3.05, 3.63) is 24.0 Å². The van der Waals surface area contributed by atoms with Gasteiger partial charge >= 0.3 is 0 Å².